The van der Waals surface area contributed by atoms with Crippen molar-refractivity contribution in [2.75, 3.05) is 18.0 Å². The fourth-order valence-corrected chi connectivity index (χ4v) is 4.97. The Bertz CT molecular complexity index is 1150. The average molecular weight is 374 g/mol. The summed E-state index contributed by atoms with van der Waals surface area (Å²) in [4.78, 5) is 13.9. The smallest absolute Gasteiger partial charge is 0.417 e. The molecule has 1 unspecified atom stereocenters. The van der Waals surface area contributed by atoms with Crippen LogP contribution in [0.4, 0.5) is 5.69 Å². The fourth-order valence-electron chi connectivity index (χ4n) is 3.34. The van der Waals surface area contributed by atoms with E-state index in [0.29, 0.717) is 23.5 Å². The normalized spacial score (nSPS) is 17.3. The molecule has 136 valence electrons. The molecular formula is C18H18N2O5S. The molecule has 0 saturated heterocycles. The first kappa shape index (κ1) is 16.7. The lowest BCUT2D eigenvalue weighted by Gasteiger charge is -2.34. The Morgan fingerprint density at radius 1 is 1.23 bits per heavy atom. The third kappa shape index (κ3) is 2.66. The number of H-pyrrole nitrogens is 1. The van der Waals surface area contributed by atoms with E-state index < -0.39 is 15.8 Å². The predicted molar refractivity (Wildman–Crippen MR) is 97.2 cm³/mol. The number of fused-ring (bicyclic) bond motifs is 2. The van der Waals surface area contributed by atoms with Crippen LogP contribution in [0.3, 0.4) is 0 Å². The van der Waals surface area contributed by atoms with Crippen LogP contribution in [0, 0.1) is 5.92 Å². The Balaban J connectivity index is 1.85. The van der Waals surface area contributed by atoms with Crippen molar-refractivity contribution < 1.29 is 17.6 Å². The van der Waals surface area contributed by atoms with Crippen LogP contribution in [0.2, 0.25) is 0 Å². The number of sulfonamides is 1. The quantitative estimate of drug-likeness (QED) is 0.760. The molecule has 1 atom stereocenters. The molecule has 1 aliphatic rings. The van der Waals surface area contributed by atoms with E-state index in [4.69, 9.17) is 9.15 Å². The number of aromatic nitrogens is 1. The number of hydrogen-bond donors (Lipinski definition) is 1. The van der Waals surface area contributed by atoms with Gasteiger partial charge in [-0.15, -0.1) is 0 Å². The monoisotopic (exact) mass is 374 g/mol. The number of ether oxygens (including phenoxy) is 1. The molecule has 3 aromatic rings. The summed E-state index contributed by atoms with van der Waals surface area (Å²) in [6, 6.07) is 9.87. The molecule has 8 heteroatoms. The van der Waals surface area contributed by atoms with Crippen LogP contribution < -0.4 is 14.8 Å². The Labute approximate surface area is 150 Å². The largest absolute Gasteiger partial charge is 0.497 e. The van der Waals surface area contributed by atoms with Crippen molar-refractivity contribution in [3.05, 3.63) is 52.5 Å². The third-order valence-corrected chi connectivity index (χ3v) is 6.36. The first-order valence-corrected chi connectivity index (χ1v) is 9.65. The van der Waals surface area contributed by atoms with Crippen molar-refractivity contribution >= 4 is 26.8 Å². The van der Waals surface area contributed by atoms with Crippen molar-refractivity contribution in [2.45, 2.75) is 18.2 Å². The number of benzene rings is 2. The van der Waals surface area contributed by atoms with Gasteiger partial charge in [0.1, 0.15) is 5.75 Å². The number of aromatic amines is 1. The van der Waals surface area contributed by atoms with Gasteiger partial charge in [0, 0.05) is 18.7 Å². The van der Waals surface area contributed by atoms with Gasteiger partial charge < -0.3 is 9.15 Å². The molecule has 0 fully saturated rings. The molecule has 0 radical (unpaired) electrons. The summed E-state index contributed by atoms with van der Waals surface area (Å²) in [5.74, 6) is 0.168. The van der Waals surface area contributed by atoms with Crippen LogP contribution in [0.25, 0.3) is 11.1 Å². The topological polar surface area (TPSA) is 92.6 Å². The van der Waals surface area contributed by atoms with Crippen LogP contribution in [0.1, 0.15) is 12.5 Å². The number of anilines is 1. The van der Waals surface area contributed by atoms with E-state index >= 15 is 0 Å². The van der Waals surface area contributed by atoms with Gasteiger partial charge >= 0.3 is 5.76 Å². The van der Waals surface area contributed by atoms with Crippen molar-refractivity contribution in [1.82, 2.24) is 4.98 Å². The van der Waals surface area contributed by atoms with Crippen molar-refractivity contribution in [2.24, 2.45) is 5.92 Å². The molecule has 0 amide bonds. The second-order valence-corrected chi connectivity index (χ2v) is 8.37. The molecule has 4 rings (SSSR count). The lowest BCUT2D eigenvalue weighted by Crippen LogP contribution is -2.39. The molecule has 0 spiro atoms. The Hall–Kier alpha value is -2.74. The SMILES string of the molecule is COc1ccc2c(c1)N(S(=O)(=O)c1ccc3[nH]c(=O)oc3c1)CC(C)C2. The highest BCUT2D eigenvalue weighted by molar-refractivity contribution is 7.92. The lowest BCUT2D eigenvalue weighted by molar-refractivity contribution is 0.414. The van der Waals surface area contributed by atoms with Crippen LogP contribution in [-0.2, 0) is 16.4 Å². The summed E-state index contributed by atoms with van der Waals surface area (Å²) in [6.07, 6.45) is 0.803. The highest BCUT2D eigenvalue weighted by Crippen LogP contribution is 2.36. The molecule has 0 saturated carbocycles. The molecule has 2 heterocycles. The van der Waals surface area contributed by atoms with Crippen LogP contribution in [0.5, 0.6) is 5.75 Å². The van der Waals surface area contributed by atoms with Crippen molar-refractivity contribution in [3.8, 4) is 5.75 Å². The van der Waals surface area contributed by atoms with Gasteiger partial charge in [-0.2, -0.15) is 0 Å². The van der Waals surface area contributed by atoms with Gasteiger partial charge in [-0.3, -0.25) is 9.29 Å². The number of rotatable bonds is 3. The number of hydrogen-bond acceptors (Lipinski definition) is 5. The van der Waals surface area contributed by atoms with Gasteiger partial charge in [-0.25, -0.2) is 13.2 Å². The van der Waals surface area contributed by atoms with E-state index in [2.05, 4.69) is 4.98 Å². The van der Waals surface area contributed by atoms with E-state index in [1.54, 1.807) is 13.2 Å². The zero-order chi connectivity index (χ0) is 18.5. The zero-order valence-electron chi connectivity index (χ0n) is 14.4. The highest BCUT2D eigenvalue weighted by Gasteiger charge is 2.32. The second-order valence-electron chi connectivity index (χ2n) is 6.51. The molecule has 26 heavy (non-hydrogen) atoms. The van der Waals surface area contributed by atoms with Gasteiger partial charge in [-0.05, 0) is 36.1 Å². The third-order valence-electron chi connectivity index (χ3n) is 4.59. The first-order chi connectivity index (χ1) is 12.4. The fraction of sp³-hybridized carbons (Fsp3) is 0.278. The summed E-state index contributed by atoms with van der Waals surface area (Å²) in [7, 11) is -2.26. The van der Waals surface area contributed by atoms with E-state index in [1.807, 2.05) is 19.1 Å². The molecule has 0 aliphatic carbocycles. The van der Waals surface area contributed by atoms with Crippen molar-refractivity contribution in [3.63, 3.8) is 0 Å². The van der Waals surface area contributed by atoms with Gasteiger partial charge in [-0.1, -0.05) is 13.0 Å². The first-order valence-electron chi connectivity index (χ1n) is 8.21. The Kier molecular flexibility index (Phi) is 3.80. The maximum Gasteiger partial charge on any atom is 0.417 e. The standard InChI is InChI=1S/C18H18N2O5S/c1-11-7-12-3-4-13(24-2)8-16(12)20(10-11)26(22,23)14-5-6-15-17(9-14)25-18(21)19-15/h3-6,8-9,11H,7,10H2,1-2H3,(H,19,21). The number of nitrogens with one attached hydrogen (secondary N) is 1. The van der Waals surface area contributed by atoms with Crippen molar-refractivity contribution in [1.29, 1.82) is 0 Å². The minimum Gasteiger partial charge on any atom is -0.497 e. The van der Waals surface area contributed by atoms with Gasteiger partial charge in [0.25, 0.3) is 10.0 Å². The molecule has 1 N–H and O–H groups in total. The minimum absolute atomic E-state index is 0.0793. The van der Waals surface area contributed by atoms with Crippen LogP contribution in [0.15, 0.2) is 50.5 Å². The van der Waals surface area contributed by atoms with Gasteiger partial charge in [0.2, 0.25) is 0 Å². The molecule has 7 nitrogen and oxygen atoms in total. The number of methoxy groups -OCH3 is 1. The average Bonchev–Trinajstić information content (AvgIpc) is 2.99. The van der Waals surface area contributed by atoms with Crippen LogP contribution >= 0.6 is 0 Å². The van der Waals surface area contributed by atoms with E-state index in [0.717, 1.165) is 12.0 Å². The summed E-state index contributed by atoms with van der Waals surface area (Å²) >= 11 is 0. The maximum absolute atomic E-state index is 13.3. The Morgan fingerprint density at radius 3 is 2.81 bits per heavy atom. The maximum atomic E-state index is 13.3. The summed E-state index contributed by atoms with van der Waals surface area (Å²) in [6.45, 7) is 2.39. The summed E-state index contributed by atoms with van der Waals surface area (Å²) in [5.41, 5.74) is 2.26. The lowest BCUT2D eigenvalue weighted by atomic mass is 9.95. The van der Waals surface area contributed by atoms with E-state index in [-0.39, 0.29) is 16.4 Å². The summed E-state index contributed by atoms with van der Waals surface area (Å²) in [5, 5.41) is 0. The Morgan fingerprint density at radius 2 is 2.04 bits per heavy atom. The molecule has 1 aliphatic heterocycles. The summed E-state index contributed by atoms with van der Waals surface area (Å²) < 4.78 is 38.3. The van der Waals surface area contributed by atoms with Gasteiger partial charge in [0.15, 0.2) is 5.58 Å². The molecular weight excluding hydrogens is 356 g/mol. The molecule has 2 aromatic carbocycles. The van der Waals surface area contributed by atoms with E-state index in [9.17, 15) is 13.2 Å². The van der Waals surface area contributed by atoms with Gasteiger partial charge in [0.05, 0.1) is 23.2 Å². The highest BCUT2D eigenvalue weighted by atomic mass is 32.2. The van der Waals surface area contributed by atoms with E-state index in [1.165, 1.54) is 22.5 Å². The molecule has 1 aromatic heterocycles. The second kappa shape index (κ2) is 5.91. The zero-order valence-corrected chi connectivity index (χ0v) is 15.2. The number of nitrogens with zero attached hydrogens (tertiary/aromatic N) is 1. The van der Waals surface area contributed by atoms with Crippen LogP contribution in [-0.4, -0.2) is 27.1 Å². The minimum atomic E-state index is -3.81. The number of oxazole rings is 1. The molecule has 0 bridgehead atoms. The predicted octanol–water partition coefficient (Wildman–Crippen LogP) is 2.52.